The van der Waals surface area contributed by atoms with Gasteiger partial charge < -0.3 is 30.9 Å². The molecule has 4 atom stereocenters. The molecule has 208 valence electrons. The number of imidazole rings is 1. The van der Waals surface area contributed by atoms with Crippen LogP contribution in [0.3, 0.4) is 0 Å². The summed E-state index contributed by atoms with van der Waals surface area (Å²) in [4.78, 5) is 22.2. The van der Waals surface area contributed by atoms with Crippen LogP contribution >= 0.6 is 0 Å². The SMILES string of the molecule is Cc1cnn([C@H]2C[C@@H](n3cnc4c(N)nc(NCCc5ccccc5)nc43)[C@H](O)[C@@H]2O)c1.O=C(O)C(F)(F)F. The predicted molar refractivity (Wildman–Crippen MR) is 134 cm³/mol. The maximum absolute atomic E-state index is 10.8. The van der Waals surface area contributed by atoms with Crippen molar-refractivity contribution in [3.63, 3.8) is 0 Å². The van der Waals surface area contributed by atoms with Crippen molar-refractivity contribution in [2.24, 2.45) is 0 Å². The van der Waals surface area contributed by atoms with Crippen LogP contribution in [0.1, 0.15) is 29.6 Å². The third kappa shape index (κ3) is 6.26. The number of carbonyl (C=O) groups is 1. The van der Waals surface area contributed by atoms with Gasteiger partial charge in [0.25, 0.3) is 0 Å². The molecule has 0 spiro atoms. The van der Waals surface area contributed by atoms with Crippen LogP contribution in [0.5, 0.6) is 0 Å². The Morgan fingerprint density at radius 3 is 2.44 bits per heavy atom. The molecular weight excluding hydrogens is 521 g/mol. The van der Waals surface area contributed by atoms with E-state index in [0.717, 1.165) is 12.0 Å². The standard InChI is InChI=1S/C22H26N8O2.C2HF3O2/c1-13-10-26-30(11-13)16-9-15(18(31)19(16)32)29-12-25-17-20(23)27-22(28-21(17)29)24-8-7-14-5-3-2-4-6-14;3-2(4,5)1(6)7/h2-6,10-12,15-16,18-19,31-32H,7-9H2,1H3,(H3,23,24,27,28);(H,6,7)/t15-,16+,18+,19-;/m1./s1. The van der Waals surface area contributed by atoms with Crippen LogP contribution in [0.2, 0.25) is 0 Å². The highest BCUT2D eigenvalue weighted by atomic mass is 19.4. The van der Waals surface area contributed by atoms with Gasteiger partial charge in [-0.2, -0.15) is 28.2 Å². The molecule has 0 aliphatic heterocycles. The number of alkyl halides is 3. The molecule has 0 radical (unpaired) electrons. The summed E-state index contributed by atoms with van der Waals surface area (Å²) in [6.07, 6.45) is -0.535. The number of hydrogen-bond donors (Lipinski definition) is 5. The zero-order chi connectivity index (χ0) is 28.3. The second-order valence-corrected chi connectivity index (χ2v) is 9.07. The molecule has 0 bridgehead atoms. The molecule has 15 heteroatoms. The van der Waals surface area contributed by atoms with Gasteiger partial charge >= 0.3 is 12.1 Å². The zero-order valence-corrected chi connectivity index (χ0v) is 20.7. The number of hydrogen-bond acceptors (Lipinski definition) is 9. The molecule has 3 heterocycles. The monoisotopic (exact) mass is 548 g/mol. The van der Waals surface area contributed by atoms with Gasteiger partial charge in [-0.05, 0) is 30.9 Å². The second-order valence-electron chi connectivity index (χ2n) is 9.07. The topological polar surface area (TPSA) is 177 Å². The van der Waals surface area contributed by atoms with Crippen LogP contribution in [0, 0.1) is 6.92 Å². The molecule has 1 aromatic carbocycles. The van der Waals surface area contributed by atoms with Gasteiger partial charge in [-0.15, -0.1) is 0 Å². The van der Waals surface area contributed by atoms with E-state index in [1.165, 1.54) is 5.56 Å². The first-order valence-corrected chi connectivity index (χ1v) is 11.9. The first kappa shape index (κ1) is 27.8. The Balaban J connectivity index is 0.000000448. The Bertz CT molecular complexity index is 1430. The molecule has 3 aromatic heterocycles. The third-order valence-corrected chi connectivity index (χ3v) is 6.28. The molecule has 39 heavy (non-hydrogen) atoms. The number of halogens is 3. The molecule has 1 saturated carbocycles. The lowest BCUT2D eigenvalue weighted by Crippen LogP contribution is -2.30. The molecule has 5 rings (SSSR count). The highest BCUT2D eigenvalue weighted by molar-refractivity contribution is 5.83. The number of nitrogens with one attached hydrogen (secondary N) is 1. The first-order valence-electron chi connectivity index (χ1n) is 11.9. The summed E-state index contributed by atoms with van der Waals surface area (Å²) in [6, 6.07) is 9.38. The van der Waals surface area contributed by atoms with Crippen molar-refractivity contribution in [1.29, 1.82) is 0 Å². The van der Waals surface area contributed by atoms with Crippen molar-refractivity contribution < 1.29 is 33.3 Å². The molecule has 12 nitrogen and oxygen atoms in total. The fraction of sp³-hybridized carbons (Fsp3) is 0.375. The molecule has 1 fully saturated rings. The predicted octanol–water partition coefficient (Wildman–Crippen LogP) is 2.11. The number of anilines is 2. The van der Waals surface area contributed by atoms with Gasteiger partial charge in [-0.1, -0.05) is 30.3 Å². The molecule has 0 saturated heterocycles. The largest absolute Gasteiger partial charge is 0.490 e. The van der Waals surface area contributed by atoms with E-state index in [1.54, 1.807) is 21.8 Å². The minimum atomic E-state index is -5.08. The van der Waals surface area contributed by atoms with Crippen molar-refractivity contribution in [3.8, 4) is 0 Å². The summed E-state index contributed by atoms with van der Waals surface area (Å²) in [5.41, 5.74) is 9.34. The van der Waals surface area contributed by atoms with Crippen molar-refractivity contribution >= 4 is 28.9 Å². The lowest BCUT2D eigenvalue weighted by molar-refractivity contribution is -0.192. The van der Waals surface area contributed by atoms with E-state index in [2.05, 4.69) is 37.5 Å². The number of nitrogens with two attached hydrogens (primary N) is 1. The number of aromatic nitrogens is 6. The Morgan fingerprint density at radius 1 is 1.15 bits per heavy atom. The van der Waals surface area contributed by atoms with E-state index >= 15 is 0 Å². The highest BCUT2D eigenvalue weighted by Crippen LogP contribution is 2.39. The number of nitrogens with zero attached hydrogens (tertiary/aromatic N) is 6. The van der Waals surface area contributed by atoms with Gasteiger partial charge in [-0.25, -0.2) is 9.78 Å². The number of nitrogen functional groups attached to an aromatic ring is 1. The van der Waals surface area contributed by atoms with Crippen LogP contribution in [0.15, 0.2) is 49.1 Å². The molecular formula is C24H27F3N8O4. The molecule has 6 N–H and O–H groups in total. The summed E-state index contributed by atoms with van der Waals surface area (Å²) < 4.78 is 35.2. The number of aryl methyl sites for hydroxylation is 1. The number of carboxylic acid groups (broad SMARTS) is 1. The quantitative estimate of drug-likeness (QED) is 0.240. The van der Waals surface area contributed by atoms with Crippen LogP contribution < -0.4 is 11.1 Å². The van der Waals surface area contributed by atoms with Gasteiger partial charge in [0.15, 0.2) is 11.5 Å². The Labute approximate surface area is 219 Å². The van der Waals surface area contributed by atoms with E-state index in [-0.39, 0.29) is 11.9 Å². The van der Waals surface area contributed by atoms with E-state index in [0.29, 0.717) is 30.1 Å². The fourth-order valence-electron chi connectivity index (χ4n) is 4.36. The summed E-state index contributed by atoms with van der Waals surface area (Å²) in [5.74, 6) is -2.09. The number of rotatable bonds is 6. The van der Waals surface area contributed by atoms with E-state index in [1.807, 2.05) is 31.3 Å². The number of aliphatic carboxylic acids is 1. The summed E-state index contributed by atoms with van der Waals surface area (Å²) in [6.45, 7) is 2.59. The third-order valence-electron chi connectivity index (χ3n) is 6.28. The molecule has 4 aromatic rings. The van der Waals surface area contributed by atoms with E-state index in [4.69, 9.17) is 15.6 Å². The number of fused-ring (bicyclic) bond motifs is 1. The zero-order valence-electron chi connectivity index (χ0n) is 20.7. The number of carboxylic acids is 1. The maximum atomic E-state index is 10.8. The highest BCUT2D eigenvalue weighted by Gasteiger charge is 2.44. The maximum Gasteiger partial charge on any atom is 0.490 e. The van der Waals surface area contributed by atoms with Gasteiger partial charge in [0.2, 0.25) is 5.95 Å². The van der Waals surface area contributed by atoms with Gasteiger partial charge in [-0.3, -0.25) is 4.68 Å². The molecule has 1 aliphatic carbocycles. The molecule has 0 amide bonds. The van der Waals surface area contributed by atoms with Crippen LogP contribution in [-0.4, -0.2) is 75.5 Å². The van der Waals surface area contributed by atoms with E-state index in [9.17, 15) is 23.4 Å². The van der Waals surface area contributed by atoms with Crippen LogP contribution in [0.4, 0.5) is 24.9 Å². The van der Waals surface area contributed by atoms with Crippen LogP contribution in [0.25, 0.3) is 11.2 Å². The first-order chi connectivity index (χ1) is 18.5. The summed E-state index contributed by atoms with van der Waals surface area (Å²) in [5, 5.41) is 36.1. The average Bonchev–Trinajstić information content (AvgIpc) is 3.58. The van der Waals surface area contributed by atoms with Gasteiger partial charge in [0, 0.05) is 12.7 Å². The average molecular weight is 549 g/mol. The normalized spacial score (nSPS) is 21.0. The lowest BCUT2D eigenvalue weighted by Gasteiger charge is -2.18. The Kier molecular flexibility index (Phi) is 8.01. The van der Waals surface area contributed by atoms with E-state index < -0.39 is 30.4 Å². The van der Waals surface area contributed by atoms with Crippen molar-refractivity contribution in [2.75, 3.05) is 17.6 Å². The molecule has 0 unspecified atom stereocenters. The minimum absolute atomic E-state index is 0.267. The summed E-state index contributed by atoms with van der Waals surface area (Å²) >= 11 is 0. The van der Waals surface area contributed by atoms with Gasteiger partial charge in [0.1, 0.15) is 17.7 Å². The van der Waals surface area contributed by atoms with Crippen molar-refractivity contribution in [2.45, 2.75) is 50.2 Å². The minimum Gasteiger partial charge on any atom is -0.475 e. The van der Waals surface area contributed by atoms with Crippen molar-refractivity contribution in [3.05, 3.63) is 60.2 Å². The van der Waals surface area contributed by atoms with Crippen LogP contribution in [-0.2, 0) is 11.2 Å². The number of aliphatic hydroxyl groups is 2. The smallest absolute Gasteiger partial charge is 0.475 e. The Hall–Kier alpha value is -4.24. The van der Waals surface area contributed by atoms with Gasteiger partial charge in [0.05, 0.1) is 24.6 Å². The lowest BCUT2D eigenvalue weighted by atomic mass is 10.1. The Morgan fingerprint density at radius 2 is 1.82 bits per heavy atom. The second kappa shape index (κ2) is 11.2. The number of aliphatic hydroxyl groups excluding tert-OH is 2. The number of benzene rings is 1. The fourth-order valence-corrected chi connectivity index (χ4v) is 4.36. The molecule has 1 aliphatic rings. The van der Waals surface area contributed by atoms with Crippen molar-refractivity contribution in [1.82, 2.24) is 29.3 Å². The summed E-state index contributed by atoms with van der Waals surface area (Å²) in [7, 11) is 0.